The Bertz CT molecular complexity index is 711. The number of pyridine rings is 1. The summed E-state index contributed by atoms with van der Waals surface area (Å²) < 4.78 is 13.0. The predicted octanol–water partition coefficient (Wildman–Crippen LogP) is 1.49. The van der Waals surface area contributed by atoms with Gasteiger partial charge in [0.2, 0.25) is 0 Å². The second-order valence-corrected chi connectivity index (χ2v) is 6.57. The molecule has 1 fully saturated rings. The fourth-order valence-electron chi connectivity index (χ4n) is 3.11. The largest absolute Gasteiger partial charge is 0.370 e. The molecule has 144 valence electrons. The second-order valence-electron chi connectivity index (χ2n) is 6.57. The molecule has 6 nitrogen and oxygen atoms in total. The van der Waals surface area contributed by atoms with Crippen LogP contribution in [0.3, 0.4) is 0 Å². The second kappa shape index (κ2) is 9.87. The number of rotatable bonds is 7. The van der Waals surface area contributed by atoms with Crippen molar-refractivity contribution in [1.29, 1.82) is 0 Å². The zero-order valence-corrected chi connectivity index (χ0v) is 15.5. The molecule has 2 aromatic rings. The van der Waals surface area contributed by atoms with Crippen LogP contribution < -0.4 is 16.0 Å². The van der Waals surface area contributed by atoms with Crippen molar-refractivity contribution in [3.8, 4) is 0 Å². The van der Waals surface area contributed by atoms with E-state index in [1.807, 2.05) is 30.3 Å². The summed E-state index contributed by atoms with van der Waals surface area (Å²) in [6, 6.07) is 12.6. The van der Waals surface area contributed by atoms with Gasteiger partial charge in [-0.1, -0.05) is 6.07 Å². The van der Waals surface area contributed by atoms with Crippen molar-refractivity contribution in [2.45, 2.75) is 6.42 Å². The highest BCUT2D eigenvalue weighted by molar-refractivity contribution is 5.77. The summed E-state index contributed by atoms with van der Waals surface area (Å²) in [5.74, 6) is 0.289. The van der Waals surface area contributed by atoms with Crippen molar-refractivity contribution in [2.24, 2.45) is 10.7 Å². The summed E-state index contributed by atoms with van der Waals surface area (Å²) >= 11 is 0. The third-order valence-corrected chi connectivity index (χ3v) is 4.68. The fourth-order valence-corrected chi connectivity index (χ4v) is 3.11. The summed E-state index contributed by atoms with van der Waals surface area (Å²) in [6.45, 7) is 6.11. The standard InChI is InChI=1S/C20H27FN6/c21-17-4-6-19(7-5-17)27-15-13-26(14-16-27)12-11-25-20(22)24-10-8-18-3-1-2-9-23-18/h1-7,9H,8,10-16H2,(H3,22,24,25). The number of anilines is 1. The van der Waals surface area contributed by atoms with E-state index in [4.69, 9.17) is 5.73 Å². The van der Waals surface area contributed by atoms with E-state index in [-0.39, 0.29) is 5.82 Å². The van der Waals surface area contributed by atoms with Gasteiger partial charge in [-0.15, -0.1) is 0 Å². The van der Waals surface area contributed by atoms with Gasteiger partial charge in [0.25, 0.3) is 0 Å². The number of halogens is 1. The van der Waals surface area contributed by atoms with E-state index >= 15 is 0 Å². The van der Waals surface area contributed by atoms with Crippen LogP contribution in [0.5, 0.6) is 0 Å². The molecule has 3 rings (SSSR count). The quantitative estimate of drug-likeness (QED) is 0.571. The van der Waals surface area contributed by atoms with E-state index in [0.717, 1.165) is 57.1 Å². The minimum atomic E-state index is -0.193. The van der Waals surface area contributed by atoms with Gasteiger partial charge < -0.3 is 16.0 Å². The van der Waals surface area contributed by atoms with Gasteiger partial charge in [-0.05, 0) is 36.4 Å². The minimum Gasteiger partial charge on any atom is -0.370 e. The molecule has 1 aromatic carbocycles. The van der Waals surface area contributed by atoms with E-state index in [9.17, 15) is 4.39 Å². The van der Waals surface area contributed by atoms with Crippen molar-refractivity contribution >= 4 is 11.6 Å². The highest BCUT2D eigenvalue weighted by Gasteiger charge is 2.16. The van der Waals surface area contributed by atoms with Gasteiger partial charge in [0.1, 0.15) is 5.82 Å². The molecule has 3 N–H and O–H groups in total. The number of hydrogen-bond donors (Lipinski definition) is 2. The number of aromatic nitrogens is 1. The Morgan fingerprint density at radius 1 is 1.11 bits per heavy atom. The summed E-state index contributed by atoms with van der Waals surface area (Å²) in [5.41, 5.74) is 8.04. The van der Waals surface area contributed by atoms with Crippen LogP contribution in [0.15, 0.2) is 53.7 Å². The first kappa shape index (κ1) is 19.1. The molecule has 0 bridgehead atoms. The van der Waals surface area contributed by atoms with Gasteiger partial charge in [-0.3, -0.25) is 14.9 Å². The van der Waals surface area contributed by atoms with Gasteiger partial charge in [0.05, 0.1) is 6.54 Å². The molecule has 0 unspecified atom stereocenters. The van der Waals surface area contributed by atoms with Crippen molar-refractivity contribution in [1.82, 2.24) is 15.2 Å². The van der Waals surface area contributed by atoms with Crippen molar-refractivity contribution < 1.29 is 4.39 Å². The van der Waals surface area contributed by atoms with E-state index in [1.54, 1.807) is 6.20 Å². The molecule has 27 heavy (non-hydrogen) atoms. The van der Waals surface area contributed by atoms with Crippen molar-refractivity contribution in [2.75, 3.05) is 50.7 Å². The van der Waals surface area contributed by atoms with Crippen LogP contribution in [0, 0.1) is 5.82 Å². The van der Waals surface area contributed by atoms with Crippen molar-refractivity contribution in [3.63, 3.8) is 0 Å². The molecule has 2 heterocycles. The number of nitrogens with zero attached hydrogens (tertiary/aromatic N) is 4. The molecule has 0 saturated carbocycles. The first-order chi connectivity index (χ1) is 13.2. The van der Waals surface area contributed by atoms with Crippen LogP contribution in [-0.4, -0.2) is 61.7 Å². The maximum absolute atomic E-state index is 13.0. The van der Waals surface area contributed by atoms with E-state index in [1.165, 1.54) is 12.1 Å². The topological polar surface area (TPSA) is 69.8 Å². The Labute approximate surface area is 159 Å². The van der Waals surface area contributed by atoms with Crippen LogP contribution in [0.2, 0.25) is 0 Å². The summed E-state index contributed by atoms with van der Waals surface area (Å²) in [6.07, 6.45) is 2.62. The smallest absolute Gasteiger partial charge is 0.188 e. The molecule has 0 spiro atoms. The molecule has 0 radical (unpaired) electrons. The van der Waals surface area contributed by atoms with Gasteiger partial charge >= 0.3 is 0 Å². The Balaban J connectivity index is 1.32. The monoisotopic (exact) mass is 370 g/mol. The van der Waals surface area contributed by atoms with Crippen LogP contribution in [0.1, 0.15) is 5.69 Å². The SMILES string of the molecule is NC(=NCCN1CCN(c2ccc(F)cc2)CC1)NCCc1ccccn1. The molecule has 7 heteroatoms. The number of hydrogen-bond acceptors (Lipinski definition) is 4. The Morgan fingerprint density at radius 3 is 2.59 bits per heavy atom. The van der Waals surface area contributed by atoms with Gasteiger partial charge in [-0.2, -0.15) is 0 Å². The molecule has 0 atom stereocenters. The third-order valence-electron chi connectivity index (χ3n) is 4.68. The molecule has 1 aliphatic rings. The molecule has 1 aliphatic heterocycles. The Morgan fingerprint density at radius 2 is 1.89 bits per heavy atom. The number of piperazine rings is 1. The van der Waals surface area contributed by atoms with Crippen LogP contribution in [-0.2, 0) is 6.42 Å². The lowest BCUT2D eigenvalue weighted by molar-refractivity contribution is 0.265. The summed E-state index contributed by atoms with van der Waals surface area (Å²) in [5, 5.41) is 3.13. The van der Waals surface area contributed by atoms with Gasteiger partial charge in [-0.25, -0.2) is 4.39 Å². The number of aliphatic imine (C=N–C) groups is 1. The molecule has 0 amide bonds. The first-order valence-corrected chi connectivity index (χ1v) is 9.37. The lowest BCUT2D eigenvalue weighted by Crippen LogP contribution is -2.47. The zero-order chi connectivity index (χ0) is 18.9. The van der Waals surface area contributed by atoms with Crippen LogP contribution in [0.25, 0.3) is 0 Å². The predicted molar refractivity (Wildman–Crippen MR) is 107 cm³/mol. The third kappa shape index (κ3) is 6.21. The van der Waals surface area contributed by atoms with Crippen molar-refractivity contribution in [3.05, 3.63) is 60.2 Å². The van der Waals surface area contributed by atoms with E-state index < -0.39 is 0 Å². The number of guanidine groups is 1. The molecule has 1 aromatic heterocycles. The molecular weight excluding hydrogens is 343 g/mol. The average Bonchev–Trinajstić information content (AvgIpc) is 2.70. The normalized spacial score (nSPS) is 15.7. The maximum Gasteiger partial charge on any atom is 0.188 e. The fraction of sp³-hybridized carbons (Fsp3) is 0.400. The minimum absolute atomic E-state index is 0.193. The lowest BCUT2D eigenvalue weighted by atomic mass is 10.2. The number of benzene rings is 1. The van der Waals surface area contributed by atoms with Gasteiger partial charge in [0.15, 0.2) is 5.96 Å². The average molecular weight is 370 g/mol. The molecular formula is C20H27FN6. The summed E-state index contributed by atoms with van der Waals surface area (Å²) in [4.78, 5) is 13.3. The van der Waals surface area contributed by atoms with E-state index in [0.29, 0.717) is 12.5 Å². The number of nitrogens with one attached hydrogen (secondary N) is 1. The molecule has 0 aliphatic carbocycles. The summed E-state index contributed by atoms with van der Waals surface area (Å²) in [7, 11) is 0. The first-order valence-electron chi connectivity index (χ1n) is 9.37. The molecule has 1 saturated heterocycles. The zero-order valence-electron chi connectivity index (χ0n) is 15.5. The highest BCUT2D eigenvalue weighted by atomic mass is 19.1. The maximum atomic E-state index is 13.0. The van der Waals surface area contributed by atoms with Crippen LogP contribution >= 0.6 is 0 Å². The number of nitrogens with two attached hydrogens (primary N) is 1. The van der Waals surface area contributed by atoms with E-state index in [2.05, 4.69) is 25.1 Å². The lowest BCUT2D eigenvalue weighted by Gasteiger charge is -2.35. The van der Waals surface area contributed by atoms with Crippen LogP contribution in [0.4, 0.5) is 10.1 Å². The Kier molecular flexibility index (Phi) is 6.98. The highest BCUT2D eigenvalue weighted by Crippen LogP contribution is 2.16. The van der Waals surface area contributed by atoms with Gasteiger partial charge in [0, 0.05) is 63.3 Å². The Hall–Kier alpha value is -2.67.